The van der Waals surface area contributed by atoms with E-state index in [0.29, 0.717) is 5.88 Å². The number of hydrogen-bond acceptors (Lipinski definition) is 1. The summed E-state index contributed by atoms with van der Waals surface area (Å²) in [5, 5.41) is 8.58. The molecule has 2 nitrogen and oxygen atoms in total. The zero-order chi connectivity index (χ0) is 11.1. The molecule has 0 heterocycles. The molecule has 1 N–H and O–H groups in total. The first kappa shape index (κ1) is 11.8. The average molecular weight is 225 g/mol. The monoisotopic (exact) mass is 224 g/mol. The van der Waals surface area contributed by atoms with Crippen molar-refractivity contribution in [1.82, 2.24) is 0 Å². The lowest BCUT2D eigenvalue weighted by atomic mass is 10.1. The maximum absolute atomic E-state index is 10.4. The van der Waals surface area contributed by atoms with Gasteiger partial charge in [-0.05, 0) is 17.5 Å². The maximum atomic E-state index is 10.4. The third-order valence-electron chi connectivity index (χ3n) is 1.92. The summed E-state index contributed by atoms with van der Waals surface area (Å²) >= 11 is 5.53. The Kier molecular flexibility index (Phi) is 4.91. The fourth-order valence-corrected chi connectivity index (χ4v) is 1.33. The standard InChI is InChI=1S/C12H13ClO2/c13-8-2-1-3-10-4-6-11(7-5-10)9-12(14)15/h1,3-7H,2,8-9H2,(H,14,15). The first-order valence-electron chi connectivity index (χ1n) is 4.75. The summed E-state index contributed by atoms with van der Waals surface area (Å²) < 4.78 is 0. The molecule has 0 radical (unpaired) electrons. The first-order valence-corrected chi connectivity index (χ1v) is 5.29. The van der Waals surface area contributed by atoms with E-state index >= 15 is 0 Å². The smallest absolute Gasteiger partial charge is 0.307 e. The molecule has 0 atom stereocenters. The Hall–Kier alpha value is -1.28. The lowest BCUT2D eigenvalue weighted by Gasteiger charge is -1.97. The normalized spacial score (nSPS) is 10.7. The van der Waals surface area contributed by atoms with Crippen molar-refractivity contribution in [1.29, 1.82) is 0 Å². The van der Waals surface area contributed by atoms with Crippen molar-refractivity contribution in [2.75, 3.05) is 5.88 Å². The topological polar surface area (TPSA) is 37.3 Å². The van der Waals surface area contributed by atoms with Crippen LogP contribution in [0.15, 0.2) is 30.3 Å². The molecule has 1 aromatic rings. The van der Waals surface area contributed by atoms with Crippen molar-refractivity contribution in [2.45, 2.75) is 12.8 Å². The maximum Gasteiger partial charge on any atom is 0.307 e. The molecule has 0 fully saturated rings. The highest BCUT2D eigenvalue weighted by Crippen LogP contribution is 2.07. The molecule has 1 rings (SSSR count). The minimum absolute atomic E-state index is 0.0751. The molecular weight excluding hydrogens is 212 g/mol. The number of hydrogen-bond donors (Lipinski definition) is 1. The van der Waals surface area contributed by atoms with Gasteiger partial charge in [0.1, 0.15) is 0 Å². The van der Waals surface area contributed by atoms with Crippen molar-refractivity contribution < 1.29 is 9.90 Å². The van der Waals surface area contributed by atoms with Gasteiger partial charge < -0.3 is 5.11 Å². The van der Waals surface area contributed by atoms with E-state index in [1.165, 1.54) is 0 Å². The van der Waals surface area contributed by atoms with Gasteiger partial charge in [-0.25, -0.2) is 0 Å². The van der Waals surface area contributed by atoms with Gasteiger partial charge >= 0.3 is 5.97 Å². The molecule has 80 valence electrons. The number of carboxylic acids is 1. The van der Waals surface area contributed by atoms with E-state index in [9.17, 15) is 4.79 Å². The quantitative estimate of drug-likeness (QED) is 0.781. The van der Waals surface area contributed by atoms with E-state index in [1.54, 1.807) is 0 Å². The number of aliphatic carboxylic acids is 1. The SMILES string of the molecule is O=C(O)Cc1ccc(C=CCCCl)cc1. The summed E-state index contributed by atoms with van der Waals surface area (Å²) in [7, 11) is 0. The van der Waals surface area contributed by atoms with Crippen LogP contribution in [0.1, 0.15) is 17.5 Å². The van der Waals surface area contributed by atoms with Crippen molar-refractivity contribution >= 4 is 23.6 Å². The van der Waals surface area contributed by atoms with Gasteiger partial charge in [0.2, 0.25) is 0 Å². The van der Waals surface area contributed by atoms with Crippen LogP contribution in [0.3, 0.4) is 0 Å². The largest absolute Gasteiger partial charge is 0.481 e. The number of benzene rings is 1. The van der Waals surface area contributed by atoms with Crippen molar-refractivity contribution in [3.63, 3.8) is 0 Å². The van der Waals surface area contributed by atoms with Gasteiger partial charge in [-0.2, -0.15) is 0 Å². The molecule has 0 aliphatic rings. The second-order valence-corrected chi connectivity index (χ2v) is 3.57. The molecular formula is C12H13ClO2. The number of halogens is 1. The van der Waals surface area contributed by atoms with E-state index in [2.05, 4.69) is 0 Å². The van der Waals surface area contributed by atoms with Gasteiger partial charge in [0.25, 0.3) is 0 Å². The van der Waals surface area contributed by atoms with Gasteiger partial charge in [0.05, 0.1) is 6.42 Å². The minimum Gasteiger partial charge on any atom is -0.481 e. The molecule has 0 aliphatic heterocycles. The Morgan fingerprint density at radius 3 is 2.53 bits per heavy atom. The number of alkyl halides is 1. The Morgan fingerprint density at radius 2 is 2.00 bits per heavy atom. The van der Waals surface area contributed by atoms with E-state index in [1.807, 2.05) is 36.4 Å². The zero-order valence-electron chi connectivity index (χ0n) is 8.32. The Bertz CT molecular complexity index is 341. The second-order valence-electron chi connectivity index (χ2n) is 3.19. The minimum atomic E-state index is -0.805. The predicted molar refractivity (Wildman–Crippen MR) is 62.2 cm³/mol. The summed E-state index contributed by atoms with van der Waals surface area (Å²) in [6.07, 6.45) is 4.90. The molecule has 15 heavy (non-hydrogen) atoms. The van der Waals surface area contributed by atoms with Crippen LogP contribution < -0.4 is 0 Å². The highest BCUT2D eigenvalue weighted by molar-refractivity contribution is 6.17. The Labute approximate surface area is 94.2 Å². The highest BCUT2D eigenvalue weighted by Gasteiger charge is 1.98. The molecule has 3 heteroatoms. The van der Waals surface area contributed by atoms with Gasteiger partial charge in [-0.1, -0.05) is 36.4 Å². The molecule has 1 aromatic carbocycles. The van der Waals surface area contributed by atoms with Crippen molar-refractivity contribution in [3.05, 3.63) is 41.5 Å². The van der Waals surface area contributed by atoms with Crippen molar-refractivity contribution in [3.8, 4) is 0 Å². The summed E-state index contributed by atoms with van der Waals surface area (Å²) in [5.41, 5.74) is 1.88. The van der Waals surface area contributed by atoms with Crippen LogP contribution in [0, 0.1) is 0 Å². The molecule has 0 amide bonds. The molecule has 0 saturated heterocycles. The predicted octanol–water partition coefficient (Wildman–Crippen LogP) is 2.96. The third-order valence-corrected chi connectivity index (χ3v) is 2.14. The fraction of sp³-hybridized carbons (Fsp3) is 0.250. The van der Waals surface area contributed by atoms with E-state index in [0.717, 1.165) is 17.5 Å². The lowest BCUT2D eigenvalue weighted by Crippen LogP contribution is -1.99. The fourth-order valence-electron chi connectivity index (χ4n) is 1.20. The second kappa shape index (κ2) is 6.25. The summed E-state index contributed by atoms with van der Waals surface area (Å²) in [6.45, 7) is 0. The lowest BCUT2D eigenvalue weighted by molar-refractivity contribution is -0.136. The van der Waals surface area contributed by atoms with E-state index in [-0.39, 0.29) is 6.42 Å². The number of carboxylic acid groups (broad SMARTS) is 1. The van der Waals surface area contributed by atoms with Crippen LogP contribution in [0.5, 0.6) is 0 Å². The average Bonchev–Trinajstić information content (AvgIpc) is 2.20. The van der Waals surface area contributed by atoms with Crippen LogP contribution >= 0.6 is 11.6 Å². The van der Waals surface area contributed by atoms with Crippen LogP contribution in [0.2, 0.25) is 0 Å². The number of rotatable bonds is 5. The van der Waals surface area contributed by atoms with E-state index in [4.69, 9.17) is 16.7 Å². The molecule has 0 aromatic heterocycles. The molecule has 0 spiro atoms. The first-order chi connectivity index (χ1) is 7.22. The number of allylic oxidation sites excluding steroid dienone is 1. The van der Waals surface area contributed by atoms with E-state index < -0.39 is 5.97 Å². The van der Waals surface area contributed by atoms with Crippen LogP contribution in [0.4, 0.5) is 0 Å². The number of carbonyl (C=O) groups is 1. The van der Waals surface area contributed by atoms with Gasteiger partial charge in [-0.3, -0.25) is 4.79 Å². The van der Waals surface area contributed by atoms with Crippen molar-refractivity contribution in [2.24, 2.45) is 0 Å². The van der Waals surface area contributed by atoms with Crippen LogP contribution in [0.25, 0.3) is 6.08 Å². The van der Waals surface area contributed by atoms with Gasteiger partial charge in [0.15, 0.2) is 0 Å². The van der Waals surface area contributed by atoms with Crippen LogP contribution in [-0.2, 0) is 11.2 Å². The molecule has 0 unspecified atom stereocenters. The summed E-state index contributed by atoms with van der Waals surface area (Å²) in [6, 6.07) is 7.47. The van der Waals surface area contributed by atoms with Gasteiger partial charge in [-0.15, -0.1) is 11.6 Å². The molecule has 0 saturated carbocycles. The zero-order valence-corrected chi connectivity index (χ0v) is 9.07. The highest BCUT2D eigenvalue weighted by atomic mass is 35.5. The Morgan fingerprint density at radius 1 is 1.33 bits per heavy atom. The molecule has 0 bridgehead atoms. The third kappa shape index (κ3) is 4.66. The Balaban J connectivity index is 2.60. The summed E-state index contributed by atoms with van der Waals surface area (Å²) in [4.78, 5) is 10.4. The summed E-state index contributed by atoms with van der Waals surface area (Å²) in [5.74, 6) is -0.187. The van der Waals surface area contributed by atoms with Crippen LogP contribution in [-0.4, -0.2) is 17.0 Å². The van der Waals surface area contributed by atoms with Gasteiger partial charge in [0, 0.05) is 5.88 Å². The molecule has 0 aliphatic carbocycles.